The molecule has 0 saturated heterocycles. The Hall–Kier alpha value is -4.06. The van der Waals surface area contributed by atoms with Gasteiger partial charge >= 0.3 is 0 Å². The summed E-state index contributed by atoms with van der Waals surface area (Å²) in [4.78, 5) is 30.9. The number of rotatable bonds is 7. The van der Waals surface area contributed by atoms with Crippen LogP contribution in [-0.2, 0) is 16.0 Å². The number of anilines is 2. The van der Waals surface area contributed by atoms with Crippen LogP contribution in [0.15, 0.2) is 78.5 Å². The Labute approximate surface area is 199 Å². The summed E-state index contributed by atoms with van der Waals surface area (Å²) < 4.78 is 11.0. The Bertz CT molecular complexity index is 1280. The molecule has 0 aliphatic carbocycles. The maximum atomic E-state index is 13.9. The van der Waals surface area contributed by atoms with Crippen LogP contribution in [0.5, 0.6) is 11.5 Å². The highest BCUT2D eigenvalue weighted by Gasteiger charge is 2.44. The Morgan fingerprint density at radius 2 is 1.68 bits per heavy atom. The van der Waals surface area contributed by atoms with Crippen molar-refractivity contribution in [1.29, 1.82) is 0 Å². The zero-order chi connectivity index (χ0) is 23.7. The Balaban J connectivity index is 1.61. The third kappa shape index (κ3) is 3.71. The van der Waals surface area contributed by atoms with Crippen molar-refractivity contribution in [3.8, 4) is 11.5 Å². The van der Waals surface area contributed by atoms with Gasteiger partial charge in [0.1, 0.15) is 17.2 Å². The van der Waals surface area contributed by atoms with E-state index in [-0.39, 0.29) is 11.8 Å². The number of para-hydroxylation sites is 1. The third-order valence-electron chi connectivity index (χ3n) is 6.14. The van der Waals surface area contributed by atoms with Gasteiger partial charge in [-0.1, -0.05) is 43.3 Å². The number of benzene rings is 3. The molecule has 6 heteroatoms. The highest BCUT2D eigenvalue weighted by molar-refractivity contribution is 6.46. The van der Waals surface area contributed by atoms with Crippen LogP contribution in [0.1, 0.15) is 24.5 Å². The first-order valence-corrected chi connectivity index (χ1v) is 11.5. The summed E-state index contributed by atoms with van der Waals surface area (Å²) in [5, 5.41) is 0. The molecule has 6 nitrogen and oxygen atoms in total. The lowest BCUT2D eigenvalue weighted by Gasteiger charge is -2.22. The molecule has 34 heavy (non-hydrogen) atoms. The number of amides is 2. The normalized spacial score (nSPS) is 15.2. The molecular weight excluding hydrogens is 428 g/mol. The highest BCUT2D eigenvalue weighted by atomic mass is 16.5. The molecule has 0 unspecified atom stereocenters. The topological polar surface area (TPSA) is 59.1 Å². The number of fused-ring (bicyclic) bond motifs is 1. The smallest absolute Gasteiger partial charge is 0.282 e. The van der Waals surface area contributed by atoms with E-state index in [4.69, 9.17) is 9.47 Å². The van der Waals surface area contributed by atoms with Crippen LogP contribution in [0.4, 0.5) is 11.4 Å². The molecule has 0 aromatic heterocycles. The van der Waals surface area contributed by atoms with Crippen LogP contribution >= 0.6 is 0 Å². The van der Waals surface area contributed by atoms with E-state index in [1.165, 1.54) is 4.90 Å². The molecule has 2 amide bonds. The average Bonchev–Trinajstić information content (AvgIpc) is 3.40. The minimum Gasteiger partial charge on any atom is -0.497 e. The Kier molecular flexibility index (Phi) is 5.80. The van der Waals surface area contributed by atoms with Crippen molar-refractivity contribution in [2.24, 2.45) is 0 Å². The summed E-state index contributed by atoms with van der Waals surface area (Å²) in [7, 11) is 1.60. The van der Waals surface area contributed by atoms with E-state index in [0.29, 0.717) is 47.2 Å². The zero-order valence-corrected chi connectivity index (χ0v) is 19.3. The standard InChI is InChI=1S/C28H26N2O4/c1-3-17-34-23-9-6-8-21(18-23)30-27(31)25(20-11-13-22(33-2)14-12-20)26(28(30)32)29-16-15-19-7-4-5-10-24(19)29/h4-14,18H,3,15-17H2,1-2H3. The molecule has 0 radical (unpaired) electrons. The van der Waals surface area contributed by atoms with Gasteiger partial charge in [0, 0.05) is 18.3 Å². The molecule has 3 aromatic rings. The van der Waals surface area contributed by atoms with E-state index in [1.54, 1.807) is 37.4 Å². The Morgan fingerprint density at radius 3 is 2.44 bits per heavy atom. The molecule has 172 valence electrons. The second kappa shape index (κ2) is 9.06. The number of methoxy groups -OCH3 is 1. The van der Waals surface area contributed by atoms with E-state index >= 15 is 0 Å². The lowest BCUT2D eigenvalue weighted by molar-refractivity contribution is -0.120. The lowest BCUT2D eigenvalue weighted by atomic mass is 10.0. The van der Waals surface area contributed by atoms with Crippen molar-refractivity contribution in [2.75, 3.05) is 30.1 Å². The zero-order valence-electron chi connectivity index (χ0n) is 19.3. The van der Waals surface area contributed by atoms with Gasteiger partial charge in [-0.05, 0) is 54.3 Å². The largest absolute Gasteiger partial charge is 0.497 e. The number of carbonyl (C=O) groups is 2. The molecule has 0 fully saturated rings. The Morgan fingerprint density at radius 1 is 0.882 bits per heavy atom. The van der Waals surface area contributed by atoms with Crippen molar-refractivity contribution in [3.63, 3.8) is 0 Å². The number of nitrogens with zero attached hydrogens (tertiary/aromatic N) is 2. The highest BCUT2D eigenvalue weighted by Crippen LogP contribution is 2.40. The predicted molar refractivity (Wildman–Crippen MR) is 132 cm³/mol. The maximum Gasteiger partial charge on any atom is 0.282 e. The summed E-state index contributed by atoms with van der Waals surface area (Å²) in [6.45, 7) is 3.24. The van der Waals surface area contributed by atoms with Crippen LogP contribution in [0.2, 0.25) is 0 Å². The average molecular weight is 455 g/mol. The fourth-order valence-corrected chi connectivity index (χ4v) is 4.52. The third-order valence-corrected chi connectivity index (χ3v) is 6.14. The number of carbonyl (C=O) groups excluding carboxylic acids is 2. The van der Waals surface area contributed by atoms with Crippen molar-refractivity contribution < 1.29 is 19.1 Å². The van der Waals surface area contributed by atoms with E-state index in [0.717, 1.165) is 24.1 Å². The van der Waals surface area contributed by atoms with Gasteiger partial charge in [-0.15, -0.1) is 0 Å². The molecule has 0 spiro atoms. The maximum absolute atomic E-state index is 13.9. The fraction of sp³-hybridized carbons (Fsp3) is 0.214. The predicted octanol–water partition coefficient (Wildman–Crippen LogP) is 4.83. The molecule has 2 aliphatic rings. The fourth-order valence-electron chi connectivity index (χ4n) is 4.52. The molecule has 2 heterocycles. The number of hydrogen-bond donors (Lipinski definition) is 0. The van der Waals surface area contributed by atoms with Gasteiger partial charge in [0.05, 0.1) is 25.0 Å². The second-order valence-electron chi connectivity index (χ2n) is 8.27. The van der Waals surface area contributed by atoms with Crippen molar-refractivity contribution >= 4 is 28.8 Å². The monoisotopic (exact) mass is 454 g/mol. The van der Waals surface area contributed by atoms with E-state index in [2.05, 4.69) is 6.07 Å². The first-order chi connectivity index (χ1) is 16.6. The summed E-state index contributed by atoms with van der Waals surface area (Å²) in [6, 6.07) is 22.4. The summed E-state index contributed by atoms with van der Waals surface area (Å²) in [6.07, 6.45) is 1.69. The number of ether oxygens (including phenoxy) is 2. The minimum atomic E-state index is -0.345. The molecule has 2 aliphatic heterocycles. The van der Waals surface area contributed by atoms with E-state index < -0.39 is 0 Å². The minimum absolute atomic E-state index is 0.333. The molecular formula is C28H26N2O4. The number of hydrogen-bond acceptors (Lipinski definition) is 5. The van der Waals surface area contributed by atoms with E-state index in [9.17, 15) is 9.59 Å². The lowest BCUT2D eigenvalue weighted by Crippen LogP contribution is -2.34. The summed E-state index contributed by atoms with van der Waals surface area (Å²) in [5.41, 5.74) is 4.10. The van der Waals surface area contributed by atoms with E-state index in [1.807, 2.05) is 48.2 Å². The van der Waals surface area contributed by atoms with Crippen LogP contribution in [0.3, 0.4) is 0 Å². The van der Waals surface area contributed by atoms with Gasteiger partial charge in [-0.25, -0.2) is 4.90 Å². The molecule has 5 rings (SSSR count). The molecule has 3 aromatic carbocycles. The van der Waals surface area contributed by atoms with Crippen LogP contribution in [0.25, 0.3) is 5.57 Å². The summed E-state index contributed by atoms with van der Waals surface area (Å²) >= 11 is 0. The van der Waals surface area contributed by atoms with Crippen molar-refractivity contribution in [2.45, 2.75) is 19.8 Å². The second-order valence-corrected chi connectivity index (χ2v) is 8.27. The van der Waals surface area contributed by atoms with Crippen LogP contribution in [0, 0.1) is 0 Å². The molecule has 0 bridgehead atoms. The van der Waals surface area contributed by atoms with Crippen LogP contribution in [-0.4, -0.2) is 32.1 Å². The van der Waals surface area contributed by atoms with Gasteiger partial charge in [0.25, 0.3) is 11.8 Å². The van der Waals surface area contributed by atoms with Crippen LogP contribution < -0.4 is 19.3 Å². The summed E-state index contributed by atoms with van der Waals surface area (Å²) in [5.74, 6) is 0.639. The van der Waals surface area contributed by atoms with Gasteiger partial charge in [-0.3, -0.25) is 9.59 Å². The quantitative estimate of drug-likeness (QED) is 0.479. The SMILES string of the molecule is CCCOc1cccc(N2C(=O)C(c3ccc(OC)cc3)=C(N3CCc4ccccc43)C2=O)c1. The first-order valence-electron chi connectivity index (χ1n) is 11.5. The van der Waals surface area contributed by atoms with Crippen molar-refractivity contribution in [3.05, 3.63) is 89.6 Å². The molecule has 0 saturated carbocycles. The number of imide groups is 1. The molecule has 0 N–H and O–H groups in total. The first kappa shape index (κ1) is 21.8. The van der Waals surface area contributed by atoms with Gasteiger partial charge in [0.2, 0.25) is 0 Å². The molecule has 0 atom stereocenters. The van der Waals surface area contributed by atoms with Gasteiger partial charge in [-0.2, -0.15) is 0 Å². The van der Waals surface area contributed by atoms with Gasteiger partial charge < -0.3 is 14.4 Å². The van der Waals surface area contributed by atoms with Crippen molar-refractivity contribution in [1.82, 2.24) is 0 Å². The van der Waals surface area contributed by atoms with Gasteiger partial charge in [0.15, 0.2) is 0 Å².